The second-order valence-electron chi connectivity index (χ2n) is 12.8. The number of hydrogen-bond donors (Lipinski definition) is 0. The van der Waals surface area contributed by atoms with E-state index in [2.05, 4.69) is 9.97 Å². The normalized spacial score (nSPS) is 18.4. The predicted molar refractivity (Wildman–Crippen MR) is 178 cm³/mol. The predicted octanol–water partition coefficient (Wildman–Crippen LogP) is 5.28. The third-order valence-corrected chi connectivity index (χ3v) is 9.97. The molecule has 11 heteroatoms. The second-order valence-corrected chi connectivity index (χ2v) is 12.8. The molecule has 4 aromatic rings. The quantitative estimate of drug-likeness (QED) is 0.252. The number of carbonyl (C=O) groups is 1. The van der Waals surface area contributed by atoms with E-state index in [1.54, 1.807) is 18.8 Å². The van der Waals surface area contributed by atoms with Crippen LogP contribution in [0.15, 0.2) is 58.4 Å². The molecule has 11 nitrogen and oxygen atoms in total. The van der Waals surface area contributed by atoms with Crippen molar-refractivity contribution in [3.05, 3.63) is 69.5 Å². The number of ether oxygens (including phenoxy) is 4. The number of rotatable bonds is 8. The molecule has 2 aromatic carbocycles. The van der Waals surface area contributed by atoms with Gasteiger partial charge in [-0.3, -0.25) is 14.4 Å². The van der Waals surface area contributed by atoms with Crippen molar-refractivity contribution in [3.8, 4) is 11.5 Å². The lowest BCUT2D eigenvalue weighted by Crippen LogP contribution is -2.35. The highest BCUT2D eigenvalue weighted by Crippen LogP contribution is 2.39. The first-order chi connectivity index (χ1) is 22.9. The van der Waals surface area contributed by atoms with E-state index >= 15 is 0 Å². The zero-order valence-corrected chi connectivity index (χ0v) is 27.3. The summed E-state index contributed by atoms with van der Waals surface area (Å²) in [5.41, 5.74) is 3.10. The third-order valence-electron chi connectivity index (χ3n) is 9.97. The molecule has 0 bridgehead atoms. The highest BCUT2D eigenvalue weighted by Gasteiger charge is 2.40. The lowest BCUT2D eigenvalue weighted by Gasteiger charge is -2.35. The van der Waals surface area contributed by atoms with E-state index in [4.69, 9.17) is 18.9 Å². The molecule has 0 N–H and O–H groups in total. The van der Waals surface area contributed by atoms with Gasteiger partial charge in [-0.2, -0.15) is 0 Å². The van der Waals surface area contributed by atoms with Gasteiger partial charge in [0, 0.05) is 50.9 Å². The number of nitrogens with zero attached hydrogens (tertiary/aromatic N) is 4. The summed E-state index contributed by atoms with van der Waals surface area (Å²) >= 11 is 0. The van der Waals surface area contributed by atoms with Gasteiger partial charge in [-0.05, 0) is 74.6 Å². The Labute approximate surface area is 273 Å². The van der Waals surface area contributed by atoms with Crippen LogP contribution in [0.4, 0.5) is 0 Å². The van der Waals surface area contributed by atoms with Crippen molar-refractivity contribution >= 4 is 27.9 Å². The molecule has 0 radical (unpaired) electrons. The summed E-state index contributed by atoms with van der Waals surface area (Å²) in [6.45, 7) is 2.78. The standard InChI is InChI=1S/C19H24N2O4.C17H20N2O3/c1-23-15-2-3-16-17(12-15)21(18(22)13-20-16)9-6-14-4-7-19(8-5-14)24-10-11-25-19;1-22-14-6-7-15-16(10-14)19(17(21)11-18-15)9-8-12-2-4-13(20)5-3-12/h2-3,12-14H,4-11H2,1H3;6-7,10-12H,2-5,8-9H2,1H3. The van der Waals surface area contributed by atoms with E-state index in [9.17, 15) is 14.4 Å². The van der Waals surface area contributed by atoms with Crippen LogP contribution in [-0.4, -0.2) is 58.1 Å². The number of methoxy groups -OCH3 is 2. The molecule has 0 amide bonds. The summed E-state index contributed by atoms with van der Waals surface area (Å²) in [7, 11) is 3.24. The molecular formula is C36H44N4O7. The first kappa shape index (κ1) is 32.8. The summed E-state index contributed by atoms with van der Waals surface area (Å²) in [5, 5.41) is 0. The van der Waals surface area contributed by atoms with Crippen LogP contribution in [0.1, 0.15) is 64.2 Å². The van der Waals surface area contributed by atoms with Crippen LogP contribution in [0.25, 0.3) is 22.1 Å². The minimum atomic E-state index is -0.315. The number of fused-ring (bicyclic) bond motifs is 2. The average molecular weight is 645 g/mol. The molecule has 3 aliphatic rings. The Morgan fingerprint density at radius 3 is 1.66 bits per heavy atom. The van der Waals surface area contributed by atoms with Gasteiger partial charge in [0.05, 0.1) is 61.9 Å². The SMILES string of the molecule is COc1ccc2ncc(=O)n(CCC3CCC(=O)CC3)c2c1.COc1ccc2ncc(=O)n(CCC3CCC4(CC3)OCCO4)c2c1. The summed E-state index contributed by atoms with van der Waals surface area (Å²) < 4.78 is 25.7. The zero-order chi connectivity index (χ0) is 32.8. The van der Waals surface area contributed by atoms with Crippen LogP contribution >= 0.6 is 0 Å². The maximum Gasteiger partial charge on any atom is 0.269 e. The van der Waals surface area contributed by atoms with Gasteiger partial charge in [0.15, 0.2) is 5.79 Å². The van der Waals surface area contributed by atoms with Crippen molar-refractivity contribution in [1.29, 1.82) is 0 Å². The number of Topliss-reactive ketones (excluding diaryl/α,β-unsaturated/α-hetero) is 1. The van der Waals surface area contributed by atoms with Gasteiger partial charge in [-0.15, -0.1) is 0 Å². The molecule has 1 spiro atoms. The van der Waals surface area contributed by atoms with Crippen molar-refractivity contribution in [2.24, 2.45) is 11.8 Å². The largest absolute Gasteiger partial charge is 0.497 e. The smallest absolute Gasteiger partial charge is 0.269 e. The number of ketones is 1. The molecule has 3 heterocycles. The molecule has 1 saturated heterocycles. The molecule has 7 rings (SSSR count). The Morgan fingerprint density at radius 2 is 1.19 bits per heavy atom. The first-order valence-corrected chi connectivity index (χ1v) is 16.7. The van der Waals surface area contributed by atoms with Crippen molar-refractivity contribution < 1.29 is 23.7 Å². The van der Waals surface area contributed by atoms with Crippen molar-refractivity contribution in [3.63, 3.8) is 0 Å². The van der Waals surface area contributed by atoms with E-state index < -0.39 is 0 Å². The Bertz CT molecular complexity index is 1810. The second kappa shape index (κ2) is 14.8. The monoisotopic (exact) mass is 644 g/mol. The van der Waals surface area contributed by atoms with Crippen molar-refractivity contribution in [2.45, 2.75) is 83.1 Å². The van der Waals surface area contributed by atoms with E-state index in [1.165, 1.54) is 12.4 Å². The number of hydrogen-bond acceptors (Lipinski definition) is 9. The topological polar surface area (TPSA) is 124 Å². The minimum absolute atomic E-state index is 0.0597. The molecule has 250 valence electrons. The molecule has 2 aromatic heterocycles. The van der Waals surface area contributed by atoms with Crippen molar-refractivity contribution in [1.82, 2.24) is 19.1 Å². The van der Waals surface area contributed by atoms with Gasteiger partial charge in [0.25, 0.3) is 11.1 Å². The van der Waals surface area contributed by atoms with Gasteiger partial charge in [-0.1, -0.05) is 0 Å². The fourth-order valence-electron chi connectivity index (χ4n) is 7.10. The lowest BCUT2D eigenvalue weighted by atomic mass is 9.83. The maximum absolute atomic E-state index is 12.3. The van der Waals surface area contributed by atoms with Gasteiger partial charge >= 0.3 is 0 Å². The summed E-state index contributed by atoms with van der Waals surface area (Å²) in [4.78, 5) is 44.2. The molecule has 3 fully saturated rings. The van der Waals surface area contributed by atoms with Gasteiger partial charge in [0.1, 0.15) is 17.3 Å². The third kappa shape index (κ3) is 7.73. The van der Waals surface area contributed by atoms with E-state index in [-0.39, 0.29) is 16.9 Å². The minimum Gasteiger partial charge on any atom is -0.497 e. The fraction of sp³-hybridized carbons (Fsp3) is 0.528. The van der Waals surface area contributed by atoms with E-state index in [1.807, 2.05) is 41.0 Å². The summed E-state index contributed by atoms with van der Waals surface area (Å²) in [6.07, 6.45) is 12.0. The Kier molecular flexibility index (Phi) is 10.3. The number of aryl methyl sites for hydroxylation is 2. The zero-order valence-electron chi connectivity index (χ0n) is 27.3. The first-order valence-electron chi connectivity index (χ1n) is 16.7. The van der Waals surface area contributed by atoms with Crippen LogP contribution in [0.2, 0.25) is 0 Å². The van der Waals surface area contributed by atoms with Crippen LogP contribution in [0.3, 0.4) is 0 Å². The number of benzene rings is 2. The fourth-order valence-corrected chi connectivity index (χ4v) is 7.10. The highest BCUT2D eigenvalue weighted by molar-refractivity contribution is 5.79. The Morgan fingerprint density at radius 1 is 0.723 bits per heavy atom. The van der Waals surface area contributed by atoms with Crippen LogP contribution in [0.5, 0.6) is 11.5 Å². The Hall–Kier alpha value is -4.09. The van der Waals surface area contributed by atoms with E-state index in [0.29, 0.717) is 56.8 Å². The Balaban J connectivity index is 0.000000166. The van der Waals surface area contributed by atoms with E-state index in [0.717, 1.165) is 84.9 Å². The molecule has 0 unspecified atom stereocenters. The molecule has 1 aliphatic heterocycles. The molecule has 2 aliphatic carbocycles. The van der Waals surface area contributed by atoms with Crippen molar-refractivity contribution in [2.75, 3.05) is 27.4 Å². The van der Waals surface area contributed by atoms with Crippen LogP contribution in [0, 0.1) is 11.8 Å². The highest BCUT2D eigenvalue weighted by atomic mass is 16.7. The molecule has 0 atom stereocenters. The summed E-state index contributed by atoms with van der Waals surface area (Å²) in [6, 6.07) is 11.2. The number of aromatic nitrogens is 4. The van der Waals surface area contributed by atoms with Gasteiger partial charge < -0.3 is 28.1 Å². The average Bonchev–Trinajstić information content (AvgIpc) is 3.56. The number of carbonyl (C=O) groups excluding carboxylic acids is 1. The maximum atomic E-state index is 12.3. The summed E-state index contributed by atoms with van der Waals surface area (Å²) in [5.74, 6) is 2.63. The molecule has 47 heavy (non-hydrogen) atoms. The van der Waals surface area contributed by atoms with Gasteiger partial charge in [0.2, 0.25) is 0 Å². The molecule has 2 saturated carbocycles. The van der Waals surface area contributed by atoms with Gasteiger partial charge in [-0.25, -0.2) is 9.97 Å². The van der Waals surface area contributed by atoms with Crippen LogP contribution < -0.4 is 20.6 Å². The lowest BCUT2D eigenvalue weighted by molar-refractivity contribution is -0.182. The van der Waals surface area contributed by atoms with Crippen LogP contribution in [-0.2, 0) is 27.4 Å². The molecular weight excluding hydrogens is 600 g/mol.